The van der Waals surface area contributed by atoms with Crippen LogP contribution in [0.15, 0.2) is 115 Å². The highest BCUT2D eigenvalue weighted by molar-refractivity contribution is 5.97. The lowest BCUT2D eigenvalue weighted by Crippen LogP contribution is -2.03. The number of hydrogen-bond acceptors (Lipinski definition) is 4. The molecule has 0 radical (unpaired) electrons. The van der Waals surface area contributed by atoms with E-state index in [1.54, 1.807) is 0 Å². The molecule has 7 nitrogen and oxygen atoms in total. The van der Waals surface area contributed by atoms with Gasteiger partial charge >= 0.3 is 0 Å². The summed E-state index contributed by atoms with van der Waals surface area (Å²) in [5.41, 5.74) is 9.52. The van der Waals surface area contributed by atoms with Gasteiger partial charge in [0.15, 0.2) is 0 Å². The Morgan fingerprint density at radius 3 is 1.64 bits per heavy atom. The third-order valence-corrected chi connectivity index (χ3v) is 7.45. The van der Waals surface area contributed by atoms with Crippen LogP contribution in [0.1, 0.15) is 0 Å². The zero-order valence-electron chi connectivity index (χ0n) is 20.6. The van der Waals surface area contributed by atoms with Crippen molar-refractivity contribution in [2.45, 2.75) is 0 Å². The lowest BCUT2D eigenvalue weighted by molar-refractivity contribution is 1.01. The first kappa shape index (κ1) is 20.5. The van der Waals surface area contributed by atoms with Crippen molar-refractivity contribution in [3.8, 4) is 22.5 Å². The molecule has 0 atom stereocenters. The highest BCUT2D eigenvalue weighted by Crippen LogP contribution is 2.33. The molecule has 9 aromatic rings. The van der Waals surface area contributed by atoms with Crippen LogP contribution in [0.25, 0.3) is 72.9 Å². The maximum Gasteiger partial charge on any atom is 0.225 e. The molecule has 0 aliphatic carbocycles. The Labute approximate surface area is 221 Å². The van der Waals surface area contributed by atoms with Gasteiger partial charge < -0.3 is 0 Å². The van der Waals surface area contributed by atoms with Crippen LogP contribution in [0.5, 0.6) is 0 Å². The van der Waals surface area contributed by atoms with Crippen LogP contribution in [-0.2, 0) is 0 Å². The second kappa shape index (κ2) is 7.49. The van der Waals surface area contributed by atoms with Crippen molar-refractivity contribution in [3.63, 3.8) is 0 Å². The zero-order chi connectivity index (χ0) is 25.5. The molecule has 0 saturated heterocycles. The smallest absolute Gasteiger partial charge is 0.225 e. The van der Waals surface area contributed by atoms with E-state index in [-0.39, 0.29) is 0 Å². The molecular formula is C32H19N7. The fourth-order valence-corrected chi connectivity index (χ4v) is 5.72. The predicted molar refractivity (Wildman–Crippen MR) is 154 cm³/mol. The summed E-state index contributed by atoms with van der Waals surface area (Å²) in [6.07, 6.45) is 0. The second-order valence-corrected chi connectivity index (χ2v) is 9.67. The zero-order valence-corrected chi connectivity index (χ0v) is 20.6. The molecule has 0 fully saturated rings. The summed E-state index contributed by atoms with van der Waals surface area (Å²) in [5.74, 6) is 2.33. The number of nitrogens with zero attached hydrogens (tertiary/aromatic N) is 7. The SMILES string of the molecule is c1ccc(-c2cccc(-c3cccc4c3nc3n5c6ccccc6nc5n5c6ccccc6nc5n43)n2)cc1. The van der Waals surface area contributed by atoms with Crippen molar-refractivity contribution in [1.29, 1.82) is 0 Å². The molecule has 0 aliphatic heterocycles. The summed E-state index contributed by atoms with van der Waals surface area (Å²) in [6.45, 7) is 0. The van der Waals surface area contributed by atoms with Gasteiger partial charge in [-0.25, -0.2) is 33.1 Å². The van der Waals surface area contributed by atoms with E-state index in [0.29, 0.717) is 0 Å². The van der Waals surface area contributed by atoms with Crippen molar-refractivity contribution in [3.05, 3.63) is 115 Å². The average molecular weight is 502 g/mol. The minimum absolute atomic E-state index is 0.767. The van der Waals surface area contributed by atoms with Crippen LogP contribution in [0.4, 0.5) is 0 Å². The van der Waals surface area contributed by atoms with Gasteiger partial charge in [-0.2, -0.15) is 0 Å². The van der Waals surface area contributed by atoms with Crippen LogP contribution >= 0.6 is 0 Å². The summed E-state index contributed by atoms with van der Waals surface area (Å²) >= 11 is 0. The molecule has 0 amide bonds. The van der Waals surface area contributed by atoms with Crippen molar-refractivity contribution < 1.29 is 0 Å². The third kappa shape index (κ3) is 2.76. The summed E-state index contributed by atoms with van der Waals surface area (Å²) in [6, 6.07) is 39.0. The highest BCUT2D eigenvalue weighted by atomic mass is 15.3. The predicted octanol–water partition coefficient (Wildman–Crippen LogP) is 6.82. The molecular weight excluding hydrogens is 482 g/mol. The van der Waals surface area contributed by atoms with E-state index in [1.165, 1.54) is 0 Å². The van der Waals surface area contributed by atoms with Gasteiger partial charge in [-0.3, -0.25) is 0 Å². The molecule has 0 N–H and O–H groups in total. The Morgan fingerprint density at radius 1 is 0.385 bits per heavy atom. The number of rotatable bonds is 2. The summed E-state index contributed by atoms with van der Waals surface area (Å²) in [5, 5.41) is 0. The number of fused-ring (bicyclic) bond motifs is 12. The van der Waals surface area contributed by atoms with Crippen molar-refractivity contribution in [2.24, 2.45) is 0 Å². The van der Waals surface area contributed by atoms with Gasteiger partial charge in [-0.15, -0.1) is 0 Å². The topological polar surface area (TPSA) is 64.8 Å². The van der Waals surface area contributed by atoms with E-state index in [0.717, 1.165) is 72.9 Å². The van der Waals surface area contributed by atoms with Gasteiger partial charge in [0.05, 0.1) is 39.0 Å². The third-order valence-electron chi connectivity index (χ3n) is 7.45. The average Bonchev–Trinajstić information content (AvgIpc) is 3.68. The van der Waals surface area contributed by atoms with E-state index in [2.05, 4.69) is 61.7 Å². The van der Waals surface area contributed by atoms with Gasteiger partial charge in [0.2, 0.25) is 17.3 Å². The molecule has 4 aromatic carbocycles. The van der Waals surface area contributed by atoms with Crippen LogP contribution in [-0.4, -0.2) is 33.1 Å². The van der Waals surface area contributed by atoms with Crippen molar-refractivity contribution >= 4 is 50.4 Å². The van der Waals surface area contributed by atoms with Gasteiger partial charge in [-0.1, -0.05) is 72.8 Å². The number of para-hydroxylation sites is 5. The van der Waals surface area contributed by atoms with Gasteiger partial charge in [0.1, 0.15) is 5.52 Å². The van der Waals surface area contributed by atoms with E-state index in [1.807, 2.05) is 66.7 Å². The molecule has 5 aromatic heterocycles. The Balaban J connectivity index is 1.45. The number of imidazole rings is 3. The molecule has 0 spiro atoms. The van der Waals surface area contributed by atoms with Crippen LogP contribution in [0.3, 0.4) is 0 Å². The Kier molecular flexibility index (Phi) is 3.93. The number of aromatic nitrogens is 7. The number of hydrogen-bond donors (Lipinski definition) is 0. The molecule has 7 heteroatoms. The summed E-state index contributed by atoms with van der Waals surface area (Å²) in [4.78, 5) is 20.4. The van der Waals surface area contributed by atoms with Crippen LogP contribution < -0.4 is 0 Å². The largest absolute Gasteiger partial charge is 0.248 e. The molecule has 0 bridgehead atoms. The summed E-state index contributed by atoms with van der Waals surface area (Å²) in [7, 11) is 0. The van der Waals surface area contributed by atoms with Gasteiger partial charge in [0.25, 0.3) is 0 Å². The first-order chi connectivity index (χ1) is 19.3. The lowest BCUT2D eigenvalue weighted by atomic mass is 10.1. The van der Waals surface area contributed by atoms with Crippen molar-refractivity contribution in [1.82, 2.24) is 33.1 Å². The van der Waals surface area contributed by atoms with Gasteiger partial charge in [0, 0.05) is 11.1 Å². The first-order valence-electron chi connectivity index (χ1n) is 12.9. The quantitative estimate of drug-likeness (QED) is 0.261. The minimum atomic E-state index is 0.767. The van der Waals surface area contributed by atoms with Crippen LogP contribution in [0, 0.1) is 0 Å². The molecule has 0 unspecified atom stereocenters. The molecule has 5 heterocycles. The van der Waals surface area contributed by atoms with E-state index in [4.69, 9.17) is 19.9 Å². The normalized spacial score (nSPS) is 12.1. The maximum absolute atomic E-state index is 5.26. The Hall–Kier alpha value is -5.56. The van der Waals surface area contributed by atoms with E-state index in [9.17, 15) is 0 Å². The Bertz CT molecular complexity index is 2390. The molecule has 182 valence electrons. The molecule has 0 aliphatic rings. The van der Waals surface area contributed by atoms with E-state index >= 15 is 0 Å². The van der Waals surface area contributed by atoms with Crippen molar-refractivity contribution in [2.75, 3.05) is 0 Å². The van der Waals surface area contributed by atoms with Gasteiger partial charge in [-0.05, 0) is 42.5 Å². The fourth-order valence-electron chi connectivity index (χ4n) is 5.72. The fraction of sp³-hybridized carbons (Fsp3) is 0. The Morgan fingerprint density at radius 2 is 0.923 bits per heavy atom. The minimum Gasteiger partial charge on any atom is -0.248 e. The molecule has 9 rings (SSSR count). The summed E-state index contributed by atoms with van der Waals surface area (Å²) < 4.78 is 6.40. The monoisotopic (exact) mass is 501 g/mol. The van der Waals surface area contributed by atoms with E-state index < -0.39 is 0 Å². The highest BCUT2D eigenvalue weighted by Gasteiger charge is 2.22. The standard InChI is InChI=1S/C32H19N7/c1-2-10-20(11-3-1)22-15-9-16-23(33-22)21-12-8-19-28-29(21)36-32-38-27-18-7-5-14-25(27)34-30(38)37-26-17-6-4-13-24(26)35-31(37)39(28)32/h1-19H. The van der Waals surface area contributed by atoms with Crippen LogP contribution in [0.2, 0.25) is 0 Å². The number of benzene rings is 4. The second-order valence-electron chi connectivity index (χ2n) is 9.67. The lowest BCUT2D eigenvalue weighted by Gasteiger charge is -2.06. The maximum atomic E-state index is 5.26. The number of pyridine rings is 1. The molecule has 39 heavy (non-hydrogen) atoms. The first-order valence-corrected chi connectivity index (χ1v) is 12.9. The molecule has 0 saturated carbocycles.